The summed E-state index contributed by atoms with van der Waals surface area (Å²) in [6, 6.07) is 23.3. The summed E-state index contributed by atoms with van der Waals surface area (Å²) in [4.78, 5) is 9.04. The van der Waals surface area contributed by atoms with Gasteiger partial charge in [0, 0.05) is 76.8 Å². The minimum Gasteiger partial charge on any atom is -0.294 e. The molecule has 0 bridgehead atoms. The minimum absolute atomic E-state index is 0.0927. The smallest absolute Gasteiger partial charge is 0.294 e. The average molecular weight is 681 g/mol. The minimum atomic E-state index is -3.48. The van der Waals surface area contributed by atoms with Gasteiger partial charge < -0.3 is 0 Å². The first-order chi connectivity index (χ1) is 26.4. The van der Waals surface area contributed by atoms with Gasteiger partial charge in [-0.25, -0.2) is 4.98 Å². The molecule has 51 heavy (non-hydrogen) atoms. The number of aromatic nitrogens is 3. The van der Waals surface area contributed by atoms with Crippen LogP contribution in [0.15, 0.2) is 128 Å². The van der Waals surface area contributed by atoms with E-state index in [0.717, 1.165) is 21.9 Å². The highest BCUT2D eigenvalue weighted by atomic mass is 19.3. The fourth-order valence-electron chi connectivity index (χ4n) is 6.61. The highest BCUT2D eigenvalue weighted by Crippen LogP contribution is 2.44. The predicted octanol–water partition coefficient (Wildman–Crippen LogP) is 11.2. The van der Waals surface area contributed by atoms with Crippen LogP contribution in [-0.2, 0) is 16.8 Å². The maximum absolute atomic E-state index is 17.3. The molecule has 0 saturated carbocycles. The third-order valence-corrected chi connectivity index (χ3v) is 9.45. The van der Waals surface area contributed by atoms with Crippen molar-refractivity contribution >= 4 is 50.6 Å². The Hall–Kier alpha value is -5.78. The average Bonchev–Trinajstić information content (AvgIpc) is 3.71. The van der Waals surface area contributed by atoms with E-state index in [9.17, 15) is 0 Å². The van der Waals surface area contributed by atoms with Gasteiger partial charge in [-0.3, -0.25) is 9.55 Å². The molecule has 8 rings (SSSR count). The molecule has 0 spiro atoms. The molecule has 4 aromatic carbocycles. The zero-order valence-corrected chi connectivity index (χ0v) is 29.2. The van der Waals surface area contributed by atoms with Gasteiger partial charge in [0.05, 0.1) is 17.9 Å². The molecular weight excluding hydrogens is 637 g/mol. The molecule has 252 valence electrons. The Bertz CT molecular complexity index is 2830. The summed E-state index contributed by atoms with van der Waals surface area (Å²) in [6.07, 6.45) is 5.17. The summed E-state index contributed by atoms with van der Waals surface area (Å²) in [6.45, 7) is 12.2. The number of fused-ring (bicyclic) bond motifs is 4. The van der Waals surface area contributed by atoms with Crippen LogP contribution < -0.4 is 9.15 Å². The molecule has 0 amide bonds. The van der Waals surface area contributed by atoms with E-state index in [4.69, 9.17) is 11.8 Å². The number of benzene rings is 4. The Kier molecular flexibility index (Phi) is 6.17. The Balaban J connectivity index is 1.35. The lowest BCUT2D eigenvalue weighted by Crippen LogP contribution is -2.19. The lowest BCUT2D eigenvalue weighted by molar-refractivity contribution is 0.0428. The summed E-state index contributed by atoms with van der Waals surface area (Å²) >= 11 is 0. The van der Waals surface area contributed by atoms with E-state index in [1.54, 1.807) is 53.5 Å². The van der Waals surface area contributed by atoms with Gasteiger partial charge in [-0.05, 0) is 61.4 Å². The number of pyridine rings is 2. The highest BCUT2D eigenvalue weighted by Gasteiger charge is 2.40. The molecule has 0 fully saturated rings. The van der Waals surface area contributed by atoms with Crippen LogP contribution in [0, 0.1) is 0 Å². The highest BCUT2D eigenvalue weighted by molar-refractivity contribution is 6.09. The number of para-hydroxylation sites is 3. The molecule has 1 aliphatic heterocycles. The quantitative estimate of drug-likeness (QED) is 0.170. The SMILES string of the molecule is [2H]c1c([2H])c([2H])c([N+]2=C=[N+](c3cc(C(C)(C)C)cc(C(F)(F)c4ccc5c6cnccc6n(-c6cc(C(C)(C)C)ccn6)c5c4)c3)c3ccccc32)c([2H])c1[2H]. The van der Waals surface area contributed by atoms with Crippen molar-refractivity contribution in [1.29, 1.82) is 0 Å². The molecule has 7 heteroatoms. The van der Waals surface area contributed by atoms with Crippen LogP contribution >= 0.6 is 0 Å². The third kappa shape index (κ3) is 5.55. The molecule has 0 N–H and O–H groups in total. The largest absolute Gasteiger partial charge is 0.503 e. The Morgan fingerprint density at radius 3 is 2.04 bits per heavy atom. The molecule has 0 unspecified atom stereocenters. The predicted molar refractivity (Wildman–Crippen MR) is 204 cm³/mol. The second kappa shape index (κ2) is 11.6. The molecule has 0 saturated heterocycles. The van der Waals surface area contributed by atoms with Gasteiger partial charge in [-0.2, -0.15) is 8.78 Å². The lowest BCUT2D eigenvalue weighted by atomic mass is 9.84. The van der Waals surface area contributed by atoms with Gasteiger partial charge in [0.15, 0.2) is 0 Å². The molecule has 0 radical (unpaired) electrons. The zero-order chi connectivity index (χ0) is 40.1. The van der Waals surface area contributed by atoms with Crippen LogP contribution in [0.3, 0.4) is 0 Å². The summed E-state index contributed by atoms with van der Waals surface area (Å²) < 4.78 is 81.6. The first-order valence-corrected chi connectivity index (χ1v) is 16.8. The van der Waals surface area contributed by atoms with Crippen LogP contribution in [0.2, 0.25) is 0 Å². The van der Waals surface area contributed by atoms with Crippen molar-refractivity contribution in [3.63, 3.8) is 0 Å². The van der Waals surface area contributed by atoms with Crippen LogP contribution in [0.4, 0.5) is 31.5 Å². The zero-order valence-electron chi connectivity index (χ0n) is 34.2. The summed E-state index contributed by atoms with van der Waals surface area (Å²) in [5.41, 5.74) is 3.23. The first kappa shape index (κ1) is 27.0. The van der Waals surface area contributed by atoms with Crippen LogP contribution in [0.1, 0.15) is 70.7 Å². The van der Waals surface area contributed by atoms with E-state index in [0.29, 0.717) is 34.0 Å². The molecule has 3 aromatic heterocycles. The Morgan fingerprint density at radius 1 is 0.647 bits per heavy atom. The topological polar surface area (TPSA) is 36.7 Å². The van der Waals surface area contributed by atoms with E-state index >= 15 is 8.78 Å². The first-order valence-electron chi connectivity index (χ1n) is 19.3. The number of hydrogen-bond acceptors (Lipinski definition) is 2. The van der Waals surface area contributed by atoms with Crippen molar-refractivity contribution < 1.29 is 15.6 Å². The summed E-state index contributed by atoms with van der Waals surface area (Å²) in [7, 11) is 0. The van der Waals surface area contributed by atoms with E-state index in [1.807, 2.05) is 49.6 Å². The second-order valence-corrected chi connectivity index (χ2v) is 14.9. The van der Waals surface area contributed by atoms with Crippen LogP contribution in [0.25, 0.3) is 27.6 Å². The van der Waals surface area contributed by atoms with Gasteiger partial charge >= 0.3 is 6.01 Å². The molecular formula is C44H39F2N5+2. The maximum Gasteiger partial charge on any atom is 0.503 e. The normalized spacial score (nSPS) is 14.8. The van der Waals surface area contributed by atoms with Crippen molar-refractivity contribution in [2.24, 2.45) is 0 Å². The number of halogens is 2. The van der Waals surface area contributed by atoms with E-state index < -0.39 is 41.5 Å². The van der Waals surface area contributed by atoms with Gasteiger partial charge in [0.1, 0.15) is 5.82 Å². The molecule has 7 aromatic rings. The van der Waals surface area contributed by atoms with Crippen molar-refractivity contribution in [2.45, 2.75) is 58.3 Å². The second-order valence-electron chi connectivity index (χ2n) is 14.9. The van der Waals surface area contributed by atoms with Crippen LogP contribution in [0.5, 0.6) is 0 Å². The van der Waals surface area contributed by atoms with Crippen molar-refractivity contribution in [1.82, 2.24) is 23.7 Å². The summed E-state index contributed by atoms with van der Waals surface area (Å²) in [5.74, 6) is -2.86. The molecule has 1 aliphatic rings. The van der Waals surface area contributed by atoms with Crippen molar-refractivity contribution in [3.8, 4) is 5.82 Å². The fourth-order valence-corrected chi connectivity index (χ4v) is 6.61. The molecule has 5 nitrogen and oxygen atoms in total. The third-order valence-electron chi connectivity index (χ3n) is 9.45. The maximum atomic E-state index is 17.3. The number of nitrogens with zero attached hydrogens (tertiary/aromatic N) is 5. The summed E-state index contributed by atoms with van der Waals surface area (Å²) in [5, 5.41) is 1.59. The van der Waals surface area contributed by atoms with Crippen molar-refractivity contribution in [3.05, 3.63) is 150 Å². The fraction of sp³-hybridized carbons (Fsp3) is 0.205. The Morgan fingerprint density at radius 2 is 1.33 bits per heavy atom. The van der Waals surface area contributed by atoms with Crippen LogP contribution in [-0.4, -0.2) is 20.5 Å². The van der Waals surface area contributed by atoms with Crippen molar-refractivity contribution in [2.75, 3.05) is 0 Å². The lowest BCUT2D eigenvalue weighted by Gasteiger charge is -2.23. The molecule has 0 aliphatic carbocycles. The van der Waals surface area contributed by atoms with E-state index in [1.165, 1.54) is 28.8 Å². The number of hydrogen-bond donors (Lipinski definition) is 0. The van der Waals surface area contributed by atoms with Gasteiger partial charge in [0.2, 0.25) is 11.4 Å². The number of rotatable bonds is 5. The van der Waals surface area contributed by atoms with E-state index in [2.05, 4.69) is 31.8 Å². The Labute approximate surface area is 303 Å². The molecule has 4 heterocycles. The van der Waals surface area contributed by atoms with E-state index in [-0.39, 0.29) is 22.2 Å². The van der Waals surface area contributed by atoms with Gasteiger partial charge in [-0.1, -0.05) is 83.9 Å². The van der Waals surface area contributed by atoms with Gasteiger partial charge in [-0.15, -0.1) is 0 Å². The molecule has 0 atom stereocenters. The van der Waals surface area contributed by atoms with Gasteiger partial charge in [0.25, 0.3) is 17.3 Å². The monoisotopic (exact) mass is 680 g/mol. The number of alkyl halides is 2. The standard InChI is InChI=1S/C44H39F2N5/c1-42(2,3)29-18-21-48-41(26-29)51-37-19-20-47-27-36(37)35-17-16-30(25-40(35)51)44(45,46)32-22-31(43(4,5)6)23-34(24-32)50-28-49(33-12-8-7-9-13-33)38-14-10-11-15-39(38)50/h7-27H,1-6H3/q+2/i7D,8D,9D,12D,13D.